The predicted molar refractivity (Wildman–Crippen MR) is 106 cm³/mol. The average molecular weight is 356 g/mol. The molecule has 0 aromatic heterocycles. The van der Waals surface area contributed by atoms with Crippen LogP contribution in [-0.4, -0.2) is 17.2 Å². The lowest BCUT2D eigenvalue weighted by Gasteiger charge is -2.18. The number of carbonyl (C=O) groups excluding carboxylic acids is 1. The van der Waals surface area contributed by atoms with Crippen LogP contribution in [0.25, 0.3) is 0 Å². The smallest absolute Gasteiger partial charge is 0.244 e. The second-order valence-electron chi connectivity index (χ2n) is 6.79. The number of nitrogens with one attached hydrogen (secondary N) is 1. The summed E-state index contributed by atoms with van der Waals surface area (Å²) in [5.74, 6) is -0.0401. The third-order valence-electron chi connectivity index (χ3n) is 5.14. The number of hydrazone groups is 1. The minimum absolute atomic E-state index is 0.0854. The number of benzene rings is 3. The van der Waals surface area contributed by atoms with Crippen molar-refractivity contribution in [1.29, 1.82) is 0 Å². The van der Waals surface area contributed by atoms with Crippen molar-refractivity contribution < 1.29 is 9.90 Å². The van der Waals surface area contributed by atoms with Crippen LogP contribution < -0.4 is 5.43 Å². The number of nitrogens with zero attached hydrogens (tertiary/aromatic N) is 1. The van der Waals surface area contributed by atoms with Crippen molar-refractivity contribution in [3.63, 3.8) is 0 Å². The Labute approximate surface area is 158 Å². The maximum atomic E-state index is 12.7. The van der Waals surface area contributed by atoms with Crippen molar-refractivity contribution >= 4 is 12.1 Å². The van der Waals surface area contributed by atoms with Gasteiger partial charge in [-0.3, -0.25) is 4.79 Å². The number of phenolic OH excluding ortho intramolecular Hbond substituents is 1. The Kier molecular flexibility index (Phi) is 4.47. The van der Waals surface area contributed by atoms with Crippen molar-refractivity contribution in [2.24, 2.45) is 11.0 Å². The molecule has 3 aromatic rings. The molecular formula is C23H20N2O2. The lowest BCUT2D eigenvalue weighted by Crippen LogP contribution is -2.25. The molecule has 1 aliphatic rings. The zero-order valence-corrected chi connectivity index (χ0v) is 14.7. The molecule has 0 bridgehead atoms. The van der Waals surface area contributed by atoms with Gasteiger partial charge in [-0.05, 0) is 47.4 Å². The Morgan fingerprint density at radius 1 is 0.926 bits per heavy atom. The Bertz CT molecular complexity index is 911. The fourth-order valence-electron chi connectivity index (χ4n) is 3.66. The summed E-state index contributed by atoms with van der Waals surface area (Å²) >= 11 is 0. The fraction of sp³-hybridized carbons (Fsp3) is 0.130. The summed E-state index contributed by atoms with van der Waals surface area (Å²) in [5, 5.41) is 13.4. The number of phenols is 1. The highest BCUT2D eigenvalue weighted by Gasteiger charge is 2.60. The van der Waals surface area contributed by atoms with Gasteiger partial charge in [0.2, 0.25) is 5.91 Å². The van der Waals surface area contributed by atoms with Gasteiger partial charge in [-0.25, -0.2) is 5.43 Å². The molecule has 0 spiro atoms. The molecule has 1 amide bonds. The predicted octanol–water partition coefficient (Wildman–Crippen LogP) is 3.85. The number of rotatable bonds is 5. The van der Waals surface area contributed by atoms with E-state index in [1.54, 1.807) is 30.5 Å². The van der Waals surface area contributed by atoms with Crippen molar-refractivity contribution in [3.05, 3.63) is 102 Å². The van der Waals surface area contributed by atoms with E-state index in [0.29, 0.717) is 0 Å². The second-order valence-corrected chi connectivity index (χ2v) is 6.79. The minimum atomic E-state index is -0.291. The monoisotopic (exact) mass is 356 g/mol. The van der Waals surface area contributed by atoms with Crippen LogP contribution in [0.5, 0.6) is 5.75 Å². The normalized spacial score (nSPS) is 17.6. The number of hydrogen-bond acceptors (Lipinski definition) is 3. The molecule has 0 radical (unpaired) electrons. The van der Waals surface area contributed by atoms with Crippen molar-refractivity contribution in [2.75, 3.05) is 0 Å². The van der Waals surface area contributed by atoms with Gasteiger partial charge in [-0.15, -0.1) is 0 Å². The summed E-state index contributed by atoms with van der Waals surface area (Å²) in [6.45, 7) is 0. The molecule has 1 aliphatic carbocycles. The van der Waals surface area contributed by atoms with Crippen LogP contribution in [0.2, 0.25) is 0 Å². The van der Waals surface area contributed by atoms with Crippen LogP contribution in [0.15, 0.2) is 90.0 Å². The number of carbonyl (C=O) groups is 1. The molecular weight excluding hydrogens is 336 g/mol. The highest BCUT2D eigenvalue weighted by atomic mass is 16.3. The summed E-state index contributed by atoms with van der Waals surface area (Å²) in [6.07, 6.45) is 2.34. The highest BCUT2D eigenvalue weighted by Crippen LogP contribution is 2.58. The molecule has 134 valence electrons. The molecule has 0 unspecified atom stereocenters. The van der Waals surface area contributed by atoms with Crippen LogP contribution in [-0.2, 0) is 10.2 Å². The summed E-state index contributed by atoms with van der Waals surface area (Å²) in [5.41, 5.74) is 5.49. The van der Waals surface area contributed by atoms with E-state index in [2.05, 4.69) is 34.8 Å². The first-order chi connectivity index (χ1) is 13.2. The molecule has 4 rings (SSSR count). The van der Waals surface area contributed by atoms with Gasteiger partial charge in [0.05, 0.1) is 12.1 Å². The van der Waals surface area contributed by atoms with Crippen molar-refractivity contribution in [1.82, 2.24) is 5.43 Å². The Hall–Kier alpha value is -3.40. The Balaban J connectivity index is 1.53. The van der Waals surface area contributed by atoms with E-state index >= 15 is 0 Å². The van der Waals surface area contributed by atoms with E-state index in [1.165, 1.54) is 0 Å². The lowest BCUT2D eigenvalue weighted by atomic mass is 9.85. The van der Waals surface area contributed by atoms with E-state index in [4.69, 9.17) is 0 Å². The second kappa shape index (κ2) is 7.08. The van der Waals surface area contributed by atoms with Gasteiger partial charge in [0.25, 0.3) is 0 Å². The van der Waals surface area contributed by atoms with Gasteiger partial charge in [0.1, 0.15) is 5.75 Å². The maximum Gasteiger partial charge on any atom is 0.244 e. The molecule has 4 heteroatoms. The van der Waals surface area contributed by atoms with Gasteiger partial charge in [-0.1, -0.05) is 60.7 Å². The average Bonchev–Trinajstić information content (AvgIpc) is 3.48. The quantitative estimate of drug-likeness (QED) is 0.539. The van der Waals surface area contributed by atoms with E-state index < -0.39 is 0 Å². The number of hydrogen-bond donors (Lipinski definition) is 2. The van der Waals surface area contributed by atoms with Gasteiger partial charge in [0.15, 0.2) is 0 Å². The SMILES string of the molecule is O=C(N/N=C/c1ccc(O)cc1)[C@H]1CC1(c1ccccc1)c1ccccc1. The largest absolute Gasteiger partial charge is 0.508 e. The summed E-state index contributed by atoms with van der Waals surface area (Å²) in [7, 11) is 0. The molecule has 4 nitrogen and oxygen atoms in total. The standard InChI is InChI=1S/C23H20N2O2/c26-20-13-11-17(12-14-20)16-24-25-22(27)21-15-23(21,18-7-3-1-4-8-18)19-9-5-2-6-10-19/h1-14,16,21,26H,15H2,(H,25,27)/b24-16+/t21-/m1/s1. The Morgan fingerprint density at radius 2 is 1.48 bits per heavy atom. The molecule has 0 saturated heterocycles. The van der Waals surface area contributed by atoms with Crippen LogP contribution in [0.3, 0.4) is 0 Å². The first-order valence-electron chi connectivity index (χ1n) is 8.93. The first kappa shape index (κ1) is 17.0. The van der Waals surface area contributed by atoms with E-state index in [-0.39, 0.29) is 23.0 Å². The summed E-state index contributed by atoms with van der Waals surface area (Å²) < 4.78 is 0. The van der Waals surface area contributed by atoms with Crippen LogP contribution in [0, 0.1) is 5.92 Å². The first-order valence-corrected chi connectivity index (χ1v) is 8.93. The van der Waals surface area contributed by atoms with E-state index in [1.807, 2.05) is 36.4 Å². The highest BCUT2D eigenvalue weighted by molar-refractivity contribution is 5.87. The van der Waals surface area contributed by atoms with Gasteiger partial charge >= 0.3 is 0 Å². The molecule has 1 saturated carbocycles. The molecule has 0 aliphatic heterocycles. The van der Waals surface area contributed by atoms with Crippen molar-refractivity contribution in [2.45, 2.75) is 11.8 Å². The van der Waals surface area contributed by atoms with Crippen LogP contribution in [0.1, 0.15) is 23.1 Å². The maximum absolute atomic E-state index is 12.7. The Morgan fingerprint density at radius 3 is 2.04 bits per heavy atom. The van der Waals surface area contributed by atoms with Crippen molar-refractivity contribution in [3.8, 4) is 5.75 Å². The molecule has 3 aromatic carbocycles. The number of amides is 1. The fourth-order valence-corrected chi connectivity index (χ4v) is 3.66. The van der Waals surface area contributed by atoms with Gasteiger partial charge in [0, 0.05) is 5.41 Å². The summed E-state index contributed by atoms with van der Waals surface area (Å²) in [6, 6.07) is 27.0. The van der Waals surface area contributed by atoms with Crippen LogP contribution >= 0.6 is 0 Å². The van der Waals surface area contributed by atoms with E-state index in [0.717, 1.165) is 23.1 Å². The molecule has 1 atom stereocenters. The molecule has 0 heterocycles. The van der Waals surface area contributed by atoms with Crippen LogP contribution in [0.4, 0.5) is 0 Å². The molecule has 1 fully saturated rings. The van der Waals surface area contributed by atoms with Gasteiger partial charge < -0.3 is 5.11 Å². The zero-order chi connectivity index (χ0) is 18.7. The topological polar surface area (TPSA) is 61.7 Å². The van der Waals surface area contributed by atoms with E-state index in [9.17, 15) is 9.90 Å². The third-order valence-corrected chi connectivity index (χ3v) is 5.14. The summed E-state index contributed by atoms with van der Waals surface area (Å²) in [4.78, 5) is 12.7. The molecule has 27 heavy (non-hydrogen) atoms. The lowest BCUT2D eigenvalue weighted by molar-refractivity contribution is -0.122. The zero-order valence-electron chi connectivity index (χ0n) is 14.7. The number of aromatic hydroxyl groups is 1. The third kappa shape index (κ3) is 3.34. The molecule has 2 N–H and O–H groups in total. The van der Waals surface area contributed by atoms with Gasteiger partial charge in [-0.2, -0.15) is 5.10 Å². The minimum Gasteiger partial charge on any atom is -0.508 e.